The molecule has 0 aromatic rings. The van der Waals surface area contributed by atoms with Crippen LogP contribution in [0.15, 0.2) is 0 Å². The molecule has 1 unspecified atom stereocenters. The van der Waals surface area contributed by atoms with Gasteiger partial charge in [-0.1, -0.05) is 13.8 Å². The fraction of sp³-hybridized carbons (Fsp3) is 0.889. The predicted octanol–water partition coefficient (Wildman–Crippen LogP) is -0.271. The SMILES string of the molecule is CCNCC(C)C(=O)NC[C@H](C)O. The average Bonchev–Trinajstić information content (AvgIpc) is 2.10. The monoisotopic (exact) mass is 188 g/mol. The third-order valence-electron chi connectivity index (χ3n) is 1.72. The Morgan fingerprint density at radius 2 is 2.00 bits per heavy atom. The molecule has 4 heteroatoms. The molecule has 0 saturated carbocycles. The van der Waals surface area contributed by atoms with E-state index in [9.17, 15) is 4.79 Å². The molecule has 78 valence electrons. The van der Waals surface area contributed by atoms with Crippen LogP contribution in [0.25, 0.3) is 0 Å². The summed E-state index contributed by atoms with van der Waals surface area (Å²) in [5.41, 5.74) is 0. The Hall–Kier alpha value is -0.610. The topological polar surface area (TPSA) is 61.4 Å². The number of aliphatic hydroxyl groups excluding tert-OH is 1. The molecule has 0 radical (unpaired) electrons. The molecule has 13 heavy (non-hydrogen) atoms. The normalized spacial score (nSPS) is 15.1. The third-order valence-corrected chi connectivity index (χ3v) is 1.72. The molecule has 0 bridgehead atoms. The van der Waals surface area contributed by atoms with Crippen molar-refractivity contribution < 1.29 is 9.90 Å². The van der Waals surface area contributed by atoms with Crippen molar-refractivity contribution in [1.29, 1.82) is 0 Å². The maximum atomic E-state index is 11.3. The van der Waals surface area contributed by atoms with E-state index in [1.165, 1.54) is 0 Å². The van der Waals surface area contributed by atoms with Gasteiger partial charge in [-0.15, -0.1) is 0 Å². The van der Waals surface area contributed by atoms with Crippen molar-refractivity contribution in [3.05, 3.63) is 0 Å². The van der Waals surface area contributed by atoms with Crippen LogP contribution >= 0.6 is 0 Å². The largest absolute Gasteiger partial charge is 0.392 e. The van der Waals surface area contributed by atoms with E-state index in [-0.39, 0.29) is 11.8 Å². The number of hydrogen-bond acceptors (Lipinski definition) is 3. The van der Waals surface area contributed by atoms with Crippen molar-refractivity contribution in [2.24, 2.45) is 5.92 Å². The maximum Gasteiger partial charge on any atom is 0.224 e. The second-order valence-corrected chi connectivity index (χ2v) is 3.30. The molecule has 3 N–H and O–H groups in total. The van der Waals surface area contributed by atoms with Gasteiger partial charge in [0.2, 0.25) is 5.91 Å². The van der Waals surface area contributed by atoms with E-state index in [0.29, 0.717) is 13.1 Å². The van der Waals surface area contributed by atoms with Crippen LogP contribution in [0, 0.1) is 5.92 Å². The summed E-state index contributed by atoms with van der Waals surface area (Å²) in [5, 5.41) is 14.7. The van der Waals surface area contributed by atoms with Crippen molar-refractivity contribution in [2.45, 2.75) is 26.9 Å². The molecule has 0 aliphatic carbocycles. The molecule has 0 aliphatic rings. The summed E-state index contributed by atoms with van der Waals surface area (Å²) in [6.45, 7) is 7.39. The van der Waals surface area contributed by atoms with Crippen LogP contribution in [0.1, 0.15) is 20.8 Å². The summed E-state index contributed by atoms with van der Waals surface area (Å²) in [6.07, 6.45) is -0.477. The minimum atomic E-state index is -0.477. The predicted molar refractivity (Wildman–Crippen MR) is 52.4 cm³/mol. The zero-order valence-electron chi connectivity index (χ0n) is 8.63. The Morgan fingerprint density at radius 1 is 1.38 bits per heavy atom. The van der Waals surface area contributed by atoms with Crippen LogP contribution in [-0.4, -0.2) is 36.8 Å². The van der Waals surface area contributed by atoms with Crippen LogP contribution in [0.2, 0.25) is 0 Å². The Labute approximate surface area is 79.7 Å². The number of aliphatic hydroxyl groups is 1. The lowest BCUT2D eigenvalue weighted by Crippen LogP contribution is -2.38. The lowest BCUT2D eigenvalue weighted by Gasteiger charge is -2.13. The molecular weight excluding hydrogens is 168 g/mol. The first-order valence-electron chi connectivity index (χ1n) is 4.74. The van der Waals surface area contributed by atoms with Gasteiger partial charge in [-0.05, 0) is 13.5 Å². The van der Waals surface area contributed by atoms with Gasteiger partial charge in [0.15, 0.2) is 0 Å². The van der Waals surface area contributed by atoms with E-state index >= 15 is 0 Å². The first-order valence-corrected chi connectivity index (χ1v) is 4.74. The number of amides is 1. The van der Waals surface area contributed by atoms with Gasteiger partial charge in [0.1, 0.15) is 0 Å². The van der Waals surface area contributed by atoms with Crippen molar-refractivity contribution in [1.82, 2.24) is 10.6 Å². The van der Waals surface area contributed by atoms with Crippen LogP contribution in [0.3, 0.4) is 0 Å². The fourth-order valence-electron chi connectivity index (χ4n) is 0.876. The smallest absolute Gasteiger partial charge is 0.224 e. The second-order valence-electron chi connectivity index (χ2n) is 3.30. The highest BCUT2D eigenvalue weighted by atomic mass is 16.3. The highest BCUT2D eigenvalue weighted by molar-refractivity contribution is 5.78. The van der Waals surface area contributed by atoms with Crippen LogP contribution < -0.4 is 10.6 Å². The maximum absolute atomic E-state index is 11.3. The van der Waals surface area contributed by atoms with Crippen LogP contribution in [0.4, 0.5) is 0 Å². The van der Waals surface area contributed by atoms with Crippen molar-refractivity contribution in [3.63, 3.8) is 0 Å². The standard InChI is InChI=1S/C9H20N2O2/c1-4-10-5-7(2)9(13)11-6-8(3)12/h7-8,10,12H,4-6H2,1-3H3,(H,11,13)/t7?,8-/m0/s1. The minimum absolute atomic E-state index is 0.0122. The van der Waals surface area contributed by atoms with Gasteiger partial charge in [-0.3, -0.25) is 4.79 Å². The molecule has 0 saturated heterocycles. The molecule has 0 aliphatic heterocycles. The van der Waals surface area contributed by atoms with Gasteiger partial charge in [0.05, 0.1) is 6.10 Å². The van der Waals surface area contributed by atoms with E-state index in [4.69, 9.17) is 5.11 Å². The number of carbonyl (C=O) groups is 1. The molecule has 0 spiro atoms. The number of nitrogens with one attached hydrogen (secondary N) is 2. The van der Waals surface area contributed by atoms with E-state index in [1.54, 1.807) is 6.92 Å². The lowest BCUT2D eigenvalue weighted by atomic mass is 10.1. The van der Waals surface area contributed by atoms with E-state index in [0.717, 1.165) is 6.54 Å². The van der Waals surface area contributed by atoms with Gasteiger partial charge < -0.3 is 15.7 Å². The molecule has 0 aromatic heterocycles. The van der Waals surface area contributed by atoms with E-state index in [2.05, 4.69) is 10.6 Å². The molecule has 0 fully saturated rings. The highest BCUT2D eigenvalue weighted by Gasteiger charge is 2.11. The van der Waals surface area contributed by atoms with Gasteiger partial charge in [0.25, 0.3) is 0 Å². The summed E-state index contributed by atoms with van der Waals surface area (Å²) in [7, 11) is 0. The number of rotatable bonds is 6. The number of carbonyl (C=O) groups excluding carboxylic acids is 1. The lowest BCUT2D eigenvalue weighted by molar-refractivity contribution is -0.124. The molecule has 2 atom stereocenters. The van der Waals surface area contributed by atoms with Gasteiger partial charge in [0, 0.05) is 19.0 Å². The summed E-state index contributed by atoms with van der Waals surface area (Å²) < 4.78 is 0. The molecule has 1 amide bonds. The summed E-state index contributed by atoms with van der Waals surface area (Å²) >= 11 is 0. The van der Waals surface area contributed by atoms with Crippen LogP contribution in [0.5, 0.6) is 0 Å². The quantitative estimate of drug-likeness (QED) is 0.537. The molecule has 0 rings (SSSR count). The average molecular weight is 188 g/mol. The molecular formula is C9H20N2O2. The Morgan fingerprint density at radius 3 is 2.46 bits per heavy atom. The van der Waals surface area contributed by atoms with E-state index < -0.39 is 6.10 Å². The summed E-state index contributed by atoms with van der Waals surface area (Å²) in [5.74, 6) is -0.0550. The van der Waals surface area contributed by atoms with E-state index in [1.807, 2.05) is 13.8 Å². The number of hydrogen-bond donors (Lipinski definition) is 3. The molecule has 0 aromatic carbocycles. The summed E-state index contributed by atoms with van der Waals surface area (Å²) in [6, 6.07) is 0. The third kappa shape index (κ3) is 6.54. The zero-order valence-corrected chi connectivity index (χ0v) is 8.63. The zero-order chi connectivity index (χ0) is 10.3. The fourth-order valence-corrected chi connectivity index (χ4v) is 0.876. The highest BCUT2D eigenvalue weighted by Crippen LogP contribution is 1.92. The Kier molecular flexibility index (Phi) is 6.54. The molecule has 4 nitrogen and oxygen atoms in total. The van der Waals surface area contributed by atoms with Crippen molar-refractivity contribution in [3.8, 4) is 0 Å². The van der Waals surface area contributed by atoms with Gasteiger partial charge >= 0.3 is 0 Å². The minimum Gasteiger partial charge on any atom is -0.392 e. The first-order chi connectivity index (χ1) is 6.07. The van der Waals surface area contributed by atoms with Crippen LogP contribution in [-0.2, 0) is 4.79 Å². The summed E-state index contributed by atoms with van der Waals surface area (Å²) in [4.78, 5) is 11.3. The second kappa shape index (κ2) is 6.86. The first kappa shape index (κ1) is 12.4. The Balaban J connectivity index is 3.57. The Bertz CT molecular complexity index is 149. The molecule has 0 heterocycles. The van der Waals surface area contributed by atoms with Crippen molar-refractivity contribution >= 4 is 5.91 Å². The van der Waals surface area contributed by atoms with Gasteiger partial charge in [-0.2, -0.15) is 0 Å². The van der Waals surface area contributed by atoms with Crippen molar-refractivity contribution in [2.75, 3.05) is 19.6 Å². The van der Waals surface area contributed by atoms with Gasteiger partial charge in [-0.25, -0.2) is 0 Å².